The van der Waals surface area contributed by atoms with E-state index >= 15 is 0 Å². The molecule has 0 spiro atoms. The summed E-state index contributed by atoms with van der Waals surface area (Å²) in [5.41, 5.74) is 0. The molecule has 0 aromatic rings. The molecule has 1 N–H and O–H groups in total. The van der Waals surface area contributed by atoms with E-state index in [1.165, 1.54) is 0 Å². The number of nitrogens with one attached hydrogen (secondary N) is 1. The molecule has 0 fully saturated rings. The normalized spacial score (nSPS) is 14.1. The first kappa shape index (κ1) is 8.26. The molecule has 0 aliphatic rings. The molecular formula is C6H16NP. The van der Waals surface area contributed by atoms with E-state index < -0.39 is 0 Å². The number of hydrogen-bond donors (Lipinski definition) is 1. The first-order valence-electron chi connectivity index (χ1n) is 2.99. The van der Waals surface area contributed by atoms with Gasteiger partial charge in [0, 0.05) is 6.04 Å². The molecule has 0 radical (unpaired) electrons. The summed E-state index contributed by atoms with van der Waals surface area (Å²) < 4.78 is 0. The van der Waals surface area contributed by atoms with E-state index in [0.29, 0.717) is 6.04 Å². The molecule has 0 aromatic carbocycles. The summed E-state index contributed by atoms with van der Waals surface area (Å²) in [7, 11) is 1.86. The first-order valence-corrected chi connectivity index (χ1v) is 5.57. The molecule has 0 bridgehead atoms. The maximum atomic E-state index is 3.17. The van der Waals surface area contributed by atoms with Crippen LogP contribution in [0.1, 0.15) is 6.92 Å². The lowest BCUT2D eigenvalue weighted by atomic mass is 10.4. The summed E-state index contributed by atoms with van der Waals surface area (Å²) in [5.74, 6) is 2.38. The van der Waals surface area contributed by atoms with E-state index in [9.17, 15) is 0 Å². The minimum atomic E-state index is -0.133. The molecular weight excluding hydrogens is 117 g/mol. The van der Waals surface area contributed by atoms with Crippen molar-refractivity contribution >= 4 is 13.3 Å². The Morgan fingerprint density at radius 3 is 2.12 bits per heavy atom. The summed E-state index contributed by atoms with van der Waals surface area (Å²) in [6.45, 7) is 6.76. The zero-order valence-electron chi connectivity index (χ0n) is 6.15. The van der Waals surface area contributed by atoms with E-state index in [-0.39, 0.29) is 7.55 Å². The minimum absolute atomic E-state index is 0.133. The van der Waals surface area contributed by atoms with Crippen molar-refractivity contribution in [2.75, 3.05) is 20.4 Å². The molecule has 50 valence electrons. The van der Waals surface area contributed by atoms with Crippen molar-refractivity contribution in [3.8, 4) is 0 Å². The third kappa shape index (κ3) is 4.42. The Labute approximate surface area is 52.9 Å². The average molecular weight is 133 g/mol. The van der Waals surface area contributed by atoms with Crippen LogP contribution in [0.4, 0.5) is 0 Å². The minimum Gasteiger partial charge on any atom is -0.314 e. The quantitative estimate of drug-likeness (QED) is 0.551. The Morgan fingerprint density at radius 1 is 1.50 bits per heavy atom. The lowest BCUT2D eigenvalue weighted by Crippen LogP contribution is -2.21. The van der Waals surface area contributed by atoms with Gasteiger partial charge in [-0.15, -0.1) is 7.55 Å². The second-order valence-corrected chi connectivity index (χ2v) is 4.81. The standard InChI is InChI=1S/C6H16NP/c1-6(7-2)5-8(3)4/h5-8H,1-4H3. The topological polar surface area (TPSA) is 12.0 Å². The van der Waals surface area contributed by atoms with Gasteiger partial charge in [0.15, 0.2) is 0 Å². The fraction of sp³-hybridized carbons (Fsp3) is 0.833. The lowest BCUT2D eigenvalue weighted by Gasteiger charge is -2.02. The molecule has 1 atom stereocenters. The van der Waals surface area contributed by atoms with Crippen LogP contribution < -0.4 is 5.32 Å². The molecule has 0 rings (SSSR count). The molecule has 0 aliphatic carbocycles. The van der Waals surface area contributed by atoms with E-state index in [4.69, 9.17) is 0 Å². The maximum Gasteiger partial charge on any atom is 0.0220 e. The maximum absolute atomic E-state index is 3.17. The van der Waals surface area contributed by atoms with Gasteiger partial charge in [0.2, 0.25) is 0 Å². The van der Waals surface area contributed by atoms with Crippen molar-refractivity contribution in [1.29, 1.82) is 0 Å². The highest BCUT2D eigenvalue weighted by molar-refractivity contribution is 7.55. The first-order chi connectivity index (χ1) is 3.66. The zero-order valence-corrected chi connectivity index (χ0v) is 7.15. The summed E-state index contributed by atoms with van der Waals surface area (Å²) in [6.07, 6.45) is 0. The zero-order chi connectivity index (χ0) is 6.57. The van der Waals surface area contributed by atoms with Crippen LogP contribution in [0.3, 0.4) is 0 Å². The van der Waals surface area contributed by atoms with Crippen LogP contribution in [0.25, 0.3) is 0 Å². The van der Waals surface area contributed by atoms with Crippen molar-refractivity contribution in [2.45, 2.75) is 13.0 Å². The van der Waals surface area contributed by atoms with Crippen molar-refractivity contribution in [3.05, 3.63) is 0 Å². The molecule has 0 heterocycles. The molecule has 0 saturated heterocycles. The van der Waals surface area contributed by atoms with E-state index in [0.717, 1.165) is 0 Å². The van der Waals surface area contributed by atoms with Gasteiger partial charge in [-0.2, -0.15) is 0 Å². The monoisotopic (exact) mass is 133 g/mol. The van der Waals surface area contributed by atoms with Gasteiger partial charge in [0.1, 0.15) is 0 Å². The molecule has 8 heavy (non-hydrogen) atoms. The van der Waals surface area contributed by atoms with Gasteiger partial charge in [-0.05, 0) is 27.3 Å². The molecule has 0 aliphatic heterocycles. The second-order valence-electron chi connectivity index (χ2n) is 2.32. The van der Waals surface area contributed by atoms with E-state index in [2.05, 4.69) is 31.4 Å². The third-order valence-electron chi connectivity index (χ3n) is 1.04. The summed E-state index contributed by atoms with van der Waals surface area (Å²) in [4.78, 5) is 0. The molecule has 0 saturated carbocycles. The van der Waals surface area contributed by atoms with Gasteiger partial charge in [-0.25, -0.2) is 0 Å². The Kier molecular flexibility index (Phi) is 4.31. The van der Waals surface area contributed by atoms with Gasteiger partial charge in [-0.1, -0.05) is 5.80 Å². The van der Waals surface area contributed by atoms with Crippen molar-refractivity contribution in [1.82, 2.24) is 5.32 Å². The van der Waals surface area contributed by atoms with Crippen LogP contribution in [0.5, 0.6) is 0 Å². The highest BCUT2D eigenvalue weighted by Crippen LogP contribution is 2.06. The molecule has 1 nitrogen and oxygen atoms in total. The van der Waals surface area contributed by atoms with E-state index in [1.54, 1.807) is 0 Å². The fourth-order valence-corrected chi connectivity index (χ4v) is 1.75. The average Bonchev–Trinajstić information content (AvgIpc) is 1.65. The third-order valence-corrected chi connectivity index (χ3v) is 2.21. The Balaban J connectivity index is 3.51. The summed E-state index contributed by atoms with van der Waals surface area (Å²) in [6, 6.07) is 0.596. The van der Waals surface area contributed by atoms with Gasteiger partial charge >= 0.3 is 0 Å². The SMILES string of the molecule is CNC(C)C=[PH](C)C. The Bertz CT molecular complexity index is 84.5. The van der Waals surface area contributed by atoms with Crippen molar-refractivity contribution in [2.24, 2.45) is 0 Å². The summed E-state index contributed by atoms with van der Waals surface area (Å²) >= 11 is 0. The molecule has 2 heteroatoms. The van der Waals surface area contributed by atoms with Crippen molar-refractivity contribution < 1.29 is 0 Å². The lowest BCUT2D eigenvalue weighted by molar-refractivity contribution is 0.781. The van der Waals surface area contributed by atoms with Crippen LogP contribution in [0.15, 0.2) is 0 Å². The Morgan fingerprint density at radius 2 is 2.00 bits per heavy atom. The number of hydrogen-bond acceptors (Lipinski definition) is 1. The second kappa shape index (κ2) is 4.17. The van der Waals surface area contributed by atoms with E-state index in [1.807, 2.05) is 7.05 Å². The highest BCUT2D eigenvalue weighted by Gasteiger charge is 1.87. The van der Waals surface area contributed by atoms with Crippen LogP contribution in [0.2, 0.25) is 0 Å². The summed E-state index contributed by atoms with van der Waals surface area (Å²) in [5, 5.41) is 3.17. The van der Waals surface area contributed by atoms with Crippen LogP contribution >= 0.6 is 7.55 Å². The Hall–Kier alpha value is 0.260. The predicted octanol–water partition coefficient (Wildman–Crippen LogP) is 0.870. The van der Waals surface area contributed by atoms with Crippen LogP contribution in [0, 0.1) is 0 Å². The van der Waals surface area contributed by atoms with Gasteiger partial charge < -0.3 is 5.32 Å². The van der Waals surface area contributed by atoms with Crippen LogP contribution in [-0.2, 0) is 0 Å². The largest absolute Gasteiger partial charge is 0.314 e. The predicted molar refractivity (Wildman–Crippen MR) is 44.7 cm³/mol. The molecule has 0 amide bonds. The number of rotatable bonds is 2. The van der Waals surface area contributed by atoms with Gasteiger partial charge in [-0.3, -0.25) is 0 Å². The van der Waals surface area contributed by atoms with Crippen molar-refractivity contribution in [3.63, 3.8) is 0 Å². The molecule has 0 aromatic heterocycles. The smallest absolute Gasteiger partial charge is 0.0220 e. The van der Waals surface area contributed by atoms with Gasteiger partial charge in [0.25, 0.3) is 0 Å². The van der Waals surface area contributed by atoms with Crippen LogP contribution in [-0.4, -0.2) is 32.2 Å². The fourth-order valence-electron chi connectivity index (χ4n) is 0.583. The van der Waals surface area contributed by atoms with Gasteiger partial charge in [0.05, 0.1) is 0 Å². The molecule has 1 unspecified atom stereocenters. The highest BCUT2D eigenvalue weighted by atomic mass is 31.1.